The van der Waals surface area contributed by atoms with Crippen LogP contribution in [0.1, 0.15) is 41.5 Å². The molecule has 0 aliphatic heterocycles. The van der Waals surface area contributed by atoms with E-state index in [4.69, 9.17) is 0 Å². The fraction of sp³-hybridized carbons (Fsp3) is 0.500. The summed E-state index contributed by atoms with van der Waals surface area (Å²) in [6, 6.07) is 0. The molecule has 0 aliphatic rings. The monoisotopic (exact) mass is 395 g/mol. The zero-order valence-corrected chi connectivity index (χ0v) is 16.1. The summed E-state index contributed by atoms with van der Waals surface area (Å²) in [5, 5.41) is 0. The Morgan fingerprint density at radius 2 is 0.500 bits per heavy atom. The van der Waals surface area contributed by atoms with Crippen LogP contribution in [0.15, 0.2) is 0 Å². The molecule has 0 N–H and O–H groups in total. The minimum atomic E-state index is -0.562. The Morgan fingerprint density at radius 1 is 0.409 bits per heavy atom. The first-order valence-electron chi connectivity index (χ1n) is 5.45. The van der Waals surface area contributed by atoms with E-state index in [1.54, 1.807) is 0 Å². The molecule has 1 radical (unpaired) electrons. The molecule has 0 bridgehead atoms. The van der Waals surface area contributed by atoms with E-state index >= 15 is 0 Å². The van der Waals surface area contributed by atoms with Gasteiger partial charge in [-0.15, -0.1) is 0 Å². The third-order valence-electron chi connectivity index (χ3n) is 0.862. The van der Waals surface area contributed by atoms with Gasteiger partial charge in [-0.1, -0.05) is 0 Å². The van der Waals surface area contributed by atoms with Gasteiger partial charge in [0.2, 0.25) is 0 Å². The van der Waals surface area contributed by atoms with E-state index in [0.29, 0.717) is 0 Å². The van der Waals surface area contributed by atoms with Crippen molar-refractivity contribution in [2.24, 2.45) is 0 Å². The normalized spacial score (nSPS) is 7.36. The molecule has 0 heterocycles. The van der Waals surface area contributed by atoms with E-state index in [2.05, 4.69) is 14.2 Å². The van der Waals surface area contributed by atoms with Crippen molar-refractivity contribution in [3.8, 4) is 0 Å². The molecule has 0 amide bonds. The fourth-order valence-corrected chi connectivity index (χ4v) is 0.607. The van der Waals surface area contributed by atoms with Crippen LogP contribution >= 0.6 is 0 Å². The molecule has 0 aromatic rings. The van der Waals surface area contributed by atoms with Crippen molar-refractivity contribution in [2.45, 2.75) is 41.5 Å². The minimum Gasteiger partial charge on any atom is -0.394 e. The zero-order chi connectivity index (χ0) is 17.6. The van der Waals surface area contributed by atoms with Gasteiger partial charge < -0.3 is 14.2 Å². The van der Waals surface area contributed by atoms with Crippen molar-refractivity contribution >= 4 is 35.8 Å². The Kier molecular flexibility index (Phi) is 22.9. The molecule has 10 heteroatoms. The summed E-state index contributed by atoms with van der Waals surface area (Å²) in [5.74, 6) is -3.37. The molecule has 0 spiro atoms. The Balaban J connectivity index is -0.000000108. The van der Waals surface area contributed by atoms with Crippen LogP contribution in [0.25, 0.3) is 0 Å². The molecule has 0 saturated carbocycles. The number of carbonyl (C=O) groups excluding carboxylic acids is 6. The average molecular weight is 395 g/mol. The van der Waals surface area contributed by atoms with E-state index in [0.717, 1.165) is 0 Å². The third-order valence-corrected chi connectivity index (χ3v) is 0.862. The fourth-order valence-electron chi connectivity index (χ4n) is 0.607. The molecule has 0 aromatic carbocycles. The Labute approximate surface area is 152 Å². The van der Waals surface area contributed by atoms with Gasteiger partial charge in [0, 0.05) is 74.3 Å². The molecular weight excluding hydrogens is 377 g/mol. The number of rotatable bonds is 0. The van der Waals surface area contributed by atoms with Crippen molar-refractivity contribution < 1.29 is 75.7 Å². The largest absolute Gasteiger partial charge is 0.394 e. The van der Waals surface area contributed by atoms with Crippen molar-refractivity contribution in [1.29, 1.82) is 0 Å². The average Bonchev–Trinajstić information content (AvgIpc) is 2.10. The van der Waals surface area contributed by atoms with Crippen LogP contribution < -0.4 is 0 Å². The number of hydrogen-bond donors (Lipinski definition) is 0. The van der Waals surface area contributed by atoms with Crippen LogP contribution in [0.3, 0.4) is 0 Å². The number of hydrogen-bond acceptors (Lipinski definition) is 9. The molecule has 0 unspecified atom stereocenters. The van der Waals surface area contributed by atoms with Gasteiger partial charge in [0.15, 0.2) is 0 Å². The predicted octanol–water partition coefficient (Wildman–Crippen LogP) is 0.285. The van der Waals surface area contributed by atoms with Gasteiger partial charge in [0.1, 0.15) is 0 Å². The van der Waals surface area contributed by atoms with Gasteiger partial charge in [-0.3, -0.25) is 28.8 Å². The first-order chi connectivity index (χ1) is 9.38. The molecule has 0 rings (SSSR count). The number of ether oxygens (including phenoxy) is 3. The van der Waals surface area contributed by atoms with Crippen LogP contribution in [0.4, 0.5) is 0 Å². The molecule has 0 fully saturated rings. The number of esters is 6. The third kappa shape index (κ3) is 51.4. The summed E-state index contributed by atoms with van der Waals surface area (Å²) in [5.41, 5.74) is 0. The van der Waals surface area contributed by atoms with Crippen LogP contribution in [0, 0.1) is 0 Å². The van der Waals surface area contributed by atoms with Gasteiger partial charge in [0.25, 0.3) is 0 Å². The van der Waals surface area contributed by atoms with Gasteiger partial charge >= 0.3 is 35.8 Å². The molecule has 0 aromatic heterocycles. The Hall–Kier alpha value is -1.48. The van der Waals surface area contributed by atoms with Gasteiger partial charge in [0.05, 0.1) is 0 Å². The van der Waals surface area contributed by atoms with Crippen LogP contribution in [0.2, 0.25) is 0 Å². The van der Waals surface area contributed by atoms with Crippen molar-refractivity contribution in [2.75, 3.05) is 0 Å². The Bertz CT molecular complexity index is 317. The second-order valence-electron chi connectivity index (χ2n) is 3.26. The summed E-state index contributed by atoms with van der Waals surface area (Å²) in [4.78, 5) is 58.9. The standard InChI is InChI=1S/3C4H6O3.Y/c3*1-3(5)7-4(2)6;/h3*1-2H3;. The summed E-state index contributed by atoms with van der Waals surface area (Å²) in [7, 11) is 0. The summed E-state index contributed by atoms with van der Waals surface area (Å²) in [6.07, 6.45) is 0. The van der Waals surface area contributed by atoms with E-state index in [-0.39, 0.29) is 32.7 Å². The maximum absolute atomic E-state index is 9.81. The molecule has 123 valence electrons. The van der Waals surface area contributed by atoms with Crippen molar-refractivity contribution in [1.82, 2.24) is 0 Å². The van der Waals surface area contributed by atoms with Crippen LogP contribution in [-0.4, -0.2) is 35.8 Å². The molecule has 22 heavy (non-hydrogen) atoms. The molecule has 0 atom stereocenters. The van der Waals surface area contributed by atoms with Crippen LogP contribution in [-0.2, 0) is 75.7 Å². The maximum Gasteiger partial charge on any atom is 0.310 e. The predicted molar refractivity (Wildman–Crippen MR) is 67.3 cm³/mol. The smallest absolute Gasteiger partial charge is 0.310 e. The SMILES string of the molecule is CC(=O)OC(C)=O.CC(=O)OC(C)=O.CC(=O)OC(C)=O.[Y]. The summed E-state index contributed by atoms with van der Waals surface area (Å²) in [6.45, 7) is 7.09. The topological polar surface area (TPSA) is 130 Å². The van der Waals surface area contributed by atoms with Gasteiger partial charge in [-0.05, 0) is 0 Å². The van der Waals surface area contributed by atoms with E-state index in [1.807, 2.05) is 0 Å². The van der Waals surface area contributed by atoms with E-state index < -0.39 is 35.8 Å². The van der Waals surface area contributed by atoms with Crippen LogP contribution in [0.5, 0.6) is 0 Å². The molecule has 0 saturated heterocycles. The summed E-state index contributed by atoms with van der Waals surface area (Å²) < 4.78 is 11.9. The maximum atomic E-state index is 9.81. The van der Waals surface area contributed by atoms with Crippen molar-refractivity contribution in [3.05, 3.63) is 0 Å². The second kappa shape index (κ2) is 17.6. The second-order valence-corrected chi connectivity index (χ2v) is 3.26. The van der Waals surface area contributed by atoms with Gasteiger partial charge in [-0.25, -0.2) is 0 Å². The molecule has 0 aliphatic carbocycles. The van der Waals surface area contributed by atoms with Gasteiger partial charge in [-0.2, -0.15) is 0 Å². The summed E-state index contributed by atoms with van der Waals surface area (Å²) >= 11 is 0. The molecular formula is C12H18O9Y. The zero-order valence-electron chi connectivity index (χ0n) is 13.3. The molecule has 9 nitrogen and oxygen atoms in total. The van der Waals surface area contributed by atoms with E-state index in [1.165, 1.54) is 41.5 Å². The van der Waals surface area contributed by atoms with E-state index in [9.17, 15) is 28.8 Å². The number of carbonyl (C=O) groups is 6. The quantitative estimate of drug-likeness (QED) is 0.323. The first-order valence-corrected chi connectivity index (χ1v) is 5.45. The Morgan fingerprint density at radius 3 is 0.500 bits per heavy atom. The first kappa shape index (κ1) is 28.7. The minimum absolute atomic E-state index is 0. The van der Waals surface area contributed by atoms with Crippen molar-refractivity contribution in [3.63, 3.8) is 0 Å².